The average Bonchev–Trinajstić information content (AvgIpc) is 3.37. The Morgan fingerprint density at radius 1 is 1.03 bits per heavy atom. The molecule has 2 heterocycles. The summed E-state index contributed by atoms with van der Waals surface area (Å²) in [6.45, 7) is 4.22. The highest BCUT2D eigenvalue weighted by atomic mass is 16.5. The molecule has 0 N–H and O–H groups in total. The molecule has 0 amide bonds. The van der Waals surface area contributed by atoms with Crippen LogP contribution in [-0.4, -0.2) is 16.9 Å². The van der Waals surface area contributed by atoms with Crippen molar-refractivity contribution in [2.75, 3.05) is 7.11 Å². The van der Waals surface area contributed by atoms with Crippen LogP contribution in [0.1, 0.15) is 23.8 Å². The number of hydrogen-bond donors (Lipinski definition) is 0. The molecule has 176 valence electrons. The number of fused-ring (bicyclic) bond motifs is 1. The lowest BCUT2D eigenvalue weighted by molar-refractivity contribution is 0.303. The predicted octanol–water partition coefficient (Wildman–Crippen LogP) is 6.10. The van der Waals surface area contributed by atoms with Crippen LogP contribution in [0.2, 0.25) is 0 Å². The minimum atomic E-state index is -0.0562. The van der Waals surface area contributed by atoms with E-state index in [1.54, 1.807) is 13.3 Å². The van der Waals surface area contributed by atoms with E-state index in [1.165, 1.54) is 0 Å². The minimum absolute atomic E-state index is 0.0562. The summed E-state index contributed by atoms with van der Waals surface area (Å²) in [7, 11) is 1.62. The van der Waals surface area contributed by atoms with Gasteiger partial charge in [0.05, 0.1) is 29.9 Å². The van der Waals surface area contributed by atoms with E-state index in [0.29, 0.717) is 34.6 Å². The first kappa shape index (κ1) is 22.5. The van der Waals surface area contributed by atoms with E-state index in [4.69, 9.17) is 13.9 Å². The van der Waals surface area contributed by atoms with Crippen LogP contribution in [0.4, 0.5) is 0 Å². The van der Waals surface area contributed by atoms with Crippen molar-refractivity contribution in [3.8, 4) is 28.3 Å². The molecule has 0 atom stereocenters. The normalized spacial score (nSPS) is 11.1. The quantitative estimate of drug-likeness (QED) is 0.290. The highest BCUT2D eigenvalue weighted by Gasteiger charge is 2.16. The summed E-state index contributed by atoms with van der Waals surface area (Å²) < 4.78 is 19.3. The second-order valence-electron chi connectivity index (χ2n) is 8.32. The molecule has 0 saturated heterocycles. The van der Waals surface area contributed by atoms with Crippen molar-refractivity contribution >= 4 is 11.0 Å². The summed E-state index contributed by atoms with van der Waals surface area (Å²) in [4.78, 5) is 13.5. The number of para-hydroxylation sites is 1. The molecule has 3 aromatic carbocycles. The number of aromatic nitrogens is 2. The molecule has 0 aliphatic rings. The first-order valence-corrected chi connectivity index (χ1v) is 11.5. The van der Waals surface area contributed by atoms with Gasteiger partial charge >= 0.3 is 0 Å². The third-order valence-electron chi connectivity index (χ3n) is 6.06. The topological polar surface area (TPSA) is 66.5 Å². The summed E-state index contributed by atoms with van der Waals surface area (Å²) in [6.07, 6.45) is 4.47. The molecule has 35 heavy (non-hydrogen) atoms. The van der Waals surface area contributed by atoms with Crippen molar-refractivity contribution in [1.82, 2.24) is 9.78 Å². The van der Waals surface area contributed by atoms with Crippen LogP contribution >= 0.6 is 0 Å². The van der Waals surface area contributed by atoms with Crippen LogP contribution in [0.3, 0.4) is 0 Å². The zero-order chi connectivity index (χ0) is 24.4. The van der Waals surface area contributed by atoms with Gasteiger partial charge in [0.1, 0.15) is 29.4 Å². The van der Waals surface area contributed by atoms with Crippen molar-refractivity contribution in [3.05, 3.63) is 106 Å². The maximum atomic E-state index is 13.5. The van der Waals surface area contributed by atoms with Crippen molar-refractivity contribution < 1.29 is 13.9 Å². The molecule has 0 saturated carbocycles. The summed E-state index contributed by atoms with van der Waals surface area (Å²) in [5.74, 6) is 2.00. The van der Waals surface area contributed by atoms with E-state index in [1.807, 2.05) is 91.5 Å². The highest BCUT2D eigenvalue weighted by molar-refractivity contribution is 5.85. The van der Waals surface area contributed by atoms with E-state index in [0.717, 1.165) is 34.5 Å². The Bertz CT molecular complexity index is 1530. The number of rotatable bonds is 7. The molecule has 2 aromatic heterocycles. The predicted molar refractivity (Wildman–Crippen MR) is 136 cm³/mol. The molecular formula is C29H26N2O4. The van der Waals surface area contributed by atoms with Crippen LogP contribution in [0.15, 0.2) is 88.3 Å². The number of methoxy groups -OCH3 is 1. The van der Waals surface area contributed by atoms with Crippen molar-refractivity contribution in [3.63, 3.8) is 0 Å². The lowest BCUT2D eigenvalue weighted by Gasteiger charge is -2.13. The Labute approximate surface area is 203 Å². The lowest BCUT2D eigenvalue weighted by atomic mass is 10.0. The molecule has 5 aromatic rings. The zero-order valence-electron chi connectivity index (χ0n) is 19.9. The Morgan fingerprint density at radius 2 is 1.80 bits per heavy atom. The highest BCUT2D eigenvalue weighted by Crippen LogP contribution is 2.30. The van der Waals surface area contributed by atoms with Crippen molar-refractivity contribution in [2.45, 2.75) is 26.9 Å². The average molecular weight is 467 g/mol. The Hall–Kier alpha value is -4.32. The largest absolute Gasteiger partial charge is 0.497 e. The van der Waals surface area contributed by atoms with Crippen LogP contribution in [0.5, 0.6) is 11.5 Å². The zero-order valence-corrected chi connectivity index (χ0v) is 19.9. The van der Waals surface area contributed by atoms with E-state index < -0.39 is 0 Å². The fraction of sp³-hybridized carbons (Fsp3) is 0.172. The first-order chi connectivity index (χ1) is 17.1. The molecule has 0 fully saturated rings. The second-order valence-corrected chi connectivity index (χ2v) is 8.32. The van der Waals surface area contributed by atoms with Gasteiger partial charge in [0.25, 0.3) is 0 Å². The Morgan fingerprint density at radius 3 is 2.51 bits per heavy atom. The number of nitrogens with zero attached hydrogens (tertiary/aromatic N) is 2. The van der Waals surface area contributed by atoms with Crippen LogP contribution < -0.4 is 14.9 Å². The molecule has 0 spiro atoms. The molecule has 0 aliphatic heterocycles. The summed E-state index contributed by atoms with van der Waals surface area (Å²) in [5.41, 5.74) is 4.70. The Balaban J connectivity index is 1.46. The van der Waals surface area contributed by atoms with E-state index in [2.05, 4.69) is 5.10 Å². The lowest BCUT2D eigenvalue weighted by Crippen LogP contribution is -2.09. The monoisotopic (exact) mass is 466 g/mol. The van der Waals surface area contributed by atoms with Gasteiger partial charge in [-0.2, -0.15) is 5.10 Å². The van der Waals surface area contributed by atoms with Crippen LogP contribution in [0, 0.1) is 6.92 Å². The fourth-order valence-electron chi connectivity index (χ4n) is 4.20. The van der Waals surface area contributed by atoms with Gasteiger partial charge in [-0.05, 0) is 54.8 Å². The number of hydrogen-bond acceptors (Lipinski definition) is 5. The molecule has 6 heteroatoms. The van der Waals surface area contributed by atoms with Gasteiger partial charge in [0, 0.05) is 17.8 Å². The van der Waals surface area contributed by atoms with Gasteiger partial charge in [0.15, 0.2) is 0 Å². The Kier molecular flexibility index (Phi) is 6.10. The fourth-order valence-corrected chi connectivity index (χ4v) is 4.20. The summed E-state index contributed by atoms with van der Waals surface area (Å²) in [6, 6.07) is 21.1. The van der Waals surface area contributed by atoms with Gasteiger partial charge in [-0.1, -0.05) is 37.3 Å². The third-order valence-corrected chi connectivity index (χ3v) is 6.06. The smallest absolute Gasteiger partial charge is 0.200 e. The van der Waals surface area contributed by atoms with Gasteiger partial charge in [-0.3, -0.25) is 4.79 Å². The third kappa shape index (κ3) is 4.43. The van der Waals surface area contributed by atoms with E-state index in [9.17, 15) is 4.79 Å². The second kappa shape index (κ2) is 9.50. The maximum Gasteiger partial charge on any atom is 0.200 e. The molecule has 0 radical (unpaired) electrons. The van der Waals surface area contributed by atoms with Gasteiger partial charge in [-0.15, -0.1) is 0 Å². The number of aryl methyl sites for hydroxylation is 2. The van der Waals surface area contributed by atoms with Crippen molar-refractivity contribution in [2.24, 2.45) is 0 Å². The molecular weight excluding hydrogens is 440 g/mol. The van der Waals surface area contributed by atoms with E-state index in [-0.39, 0.29) is 5.43 Å². The summed E-state index contributed by atoms with van der Waals surface area (Å²) >= 11 is 0. The molecule has 0 bridgehead atoms. The van der Waals surface area contributed by atoms with Crippen LogP contribution in [-0.2, 0) is 13.0 Å². The molecule has 0 aliphatic carbocycles. The van der Waals surface area contributed by atoms with Crippen molar-refractivity contribution in [1.29, 1.82) is 0 Å². The first-order valence-electron chi connectivity index (χ1n) is 11.5. The maximum absolute atomic E-state index is 13.5. The molecule has 0 unspecified atom stereocenters. The standard InChI is InChI=1S/C29H26N2O4/c1-4-21-14-25-27(35-19(2)28(29(25)32)22-10-12-24(33-3)13-11-22)15-26(21)34-18-20-16-30-31(17-20)23-8-6-5-7-9-23/h5-17H,4,18H2,1-3H3. The summed E-state index contributed by atoms with van der Waals surface area (Å²) in [5, 5.41) is 4.98. The van der Waals surface area contributed by atoms with Gasteiger partial charge in [-0.25, -0.2) is 4.68 Å². The number of ether oxygens (including phenoxy) is 2. The van der Waals surface area contributed by atoms with Gasteiger partial charge < -0.3 is 13.9 Å². The van der Waals surface area contributed by atoms with Gasteiger partial charge in [0.2, 0.25) is 5.43 Å². The number of benzene rings is 3. The van der Waals surface area contributed by atoms with E-state index >= 15 is 0 Å². The SMILES string of the molecule is CCc1cc2c(=O)c(-c3ccc(OC)cc3)c(C)oc2cc1OCc1cnn(-c2ccccc2)c1. The molecule has 6 nitrogen and oxygen atoms in total. The van der Waals surface area contributed by atoms with Crippen LogP contribution in [0.25, 0.3) is 27.8 Å². The minimum Gasteiger partial charge on any atom is -0.497 e. The molecule has 5 rings (SSSR count).